The van der Waals surface area contributed by atoms with E-state index < -0.39 is 0 Å². The number of hydrogen-bond donors (Lipinski definition) is 1. The summed E-state index contributed by atoms with van der Waals surface area (Å²) < 4.78 is 0.994. The van der Waals surface area contributed by atoms with Gasteiger partial charge >= 0.3 is 0 Å². The molecule has 1 aliphatic carbocycles. The van der Waals surface area contributed by atoms with E-state index in [2.05, 4.69) is 40.3 Å². The maximum Gasteiger partial charge on any atom is 0.144 e. The molecule has 1 aromatic carbocycles. The minimum atomic E-state index is -0.0910. The summed E-state index contributed by atoms with van der Waals surface area (Å²) in [4.78, 5) is 12.5. The third-order valence-electron chi connectivity index (χ3n) is 3.97. The second-order valence-corrected chi connectivity index (χ2v) is 7.06. The highest BCUT2D eigenvalue weighted by molar-refractivity contribution is 9.10. The summed E-state index contributed by atoms with van der Waals surface area (Å²) in [5.74, 6) is 0.215. The first-order valence-corrected chi connectivity index (χ1v) is 7.38. The van der Waals surface area contributed by atoms with E-state index in [1.165, 1.54) is 0 Å². The van der Waals surface area contributed by atoms with Gasteiger partial charge in [-0.2, -0.15) is 5.10 Å². The Kier molecular flexibility index (Phi) is 3.01. The van der Waals surface area contributed by atoms with Crippen LogP contribution in [0.15, 0.2) is 33.8 Å². The molecule has 2 atom stereocenters. The highest BCUT2D eigenvalue weighted by Crippen LogP contribution is 2.40. The van der Waals surface area contributed by atoms with Crippen molar-refractivity contribution in [3.05, 3.63) is 34.3 Å². The highest BCUT2D eigenvalue weighted by atomic mass is 79.9. The summed E-state index contributed by atoms with van der Waals surface area (Å²) in [7, 11) is 0. The largest absolute Gasteiger partial charge is 0.306 e. The quantitative estimate of drug-likeness (QED) is 0.863. The molecule has 100 valence electrons. The van der Waals surface area contributed by atoms with Crippen molar-refractivity contribution in [3.8, 4) is 0 Å². The average molecular weight is 321 g/mol. The van der Waals surface area contributed by atoms with Gasteiger partial charge in [-0.3, -0.25) is 4.79 Å². The number of nitrogens with one attached hydrogen (secondary N) is 1. The van der Waals surface area contributed by atoms with Crippen molar-refractivity contribution < 1.29 is 4.79 Å². The molecule has 3 rings (SSSR count). The zero-order chi connectivity index (χ0) is 13.6. The van der Waals surface area contributed by atoms with Gasteiger partial charge in [0, 0.05) is 16.5 Å². The number of Topliss-reactive ketones (excluding diaryl/α,β-unsaturated/α-hetero) is 1. The smallest absolute Gasteiger partial charge is 0.144 e. The number of rotatable bonds is 1. The molecule has 0 radical (unpaired) electrons. The number of hydrogen-bond acceptors (Lipinski definition) is 3. The number of ketones is 1. The van der Waals surface area contributed by atoms with Crippen molar-refractivity contribution in [2.45, 2.75) is 32.7 Å². The summed E-state index contributed by atoms with van der Waals surface area (Å²) in [6, 6.07) is 8.11. The van der Waals surface area contributed by atoms with Crippen LogP contribution in [0.3, 0.4) is 0 Å². The van der Waals surface area contributed by atoms with Gasteiger partial charge in [-0.15, -0.1) is 0 Å². The molecule has 1 fully saturated rings. The fourth-order valence-electron chi connectivity index (χ4n) is 3.17. The first-order chi connectivity index (χ1) is 8.98. The van der Waals surface area contributed by atoms with E-state index in [0.29, 0.717) is 12.2 Å². The van der Waals surface area contributed by atoms with E-state index in [4.69, 9.17) is 0 Å². The monoisotopic (exact) mass is 320 g/mol. The Morgan fingerprint density at radius 3 is 2.84 bits per heavy atom. The Balaban J connectivity index is 1.95. The lowest BCUT2D eigenvalue weighted by Gasteiger charge is -2.36. The van der Waals surface area contributed by atoms with Crippen LogP contribution in [0, 0.1) is 11.3 Å². The van der Waals surface area contributed by atoms with Gasteiger partial charge in [0.1, 0.15) is 5.78 Å². The van der Waals surface area contributed by atoms with Crippen molar-refractivity contribution in [1.82, 2.24) is 5.43 Å². The third kappa shape index (κ3) is 2.22. The standard InChI is InChI=1S/C15H17BrN2O/c1-15(2)7-11-13(12(19)8-15)14(18-17-11)9-5-3-4-6-10(9)16/h3-6,11,13,17H,7-8H2,1-2H3. The molecule has 19 heavy (non-hydrogen) atoms. The molecular weight excluding hydrogens is 304 g/mol. The molecule has 1 saturated carbocycles. The van der Waals surface area contributed by atoms with Gasteiger partial charge in [0.05, 0.1) is 17.7 Å². The van der Waals surface area contributed by atoms with Gasteiger partial charge in [-0.05, 0) is 17.9 Å². The lowest BCUT2D eigenvalue weighted by Crippen LogP contribution is -2.45. The molecule has 0 amide bonds. The summed E-state index contributed by atoms with van der Waals surface area (Å²) in [5.41, 5.74) is 5.15. The van der Waals surface area contributed by atoms with Crippen molar-refractivity contribution in [1.29, 1.82) is 0 Å². The normalized spacial score (nSPS) is 28.6. The highest BCUT2D eigenvalue weighted by Gasteiger charge is 2.46. The predicted octanol–water partition coefficient (Wildman–Crippen LogP) is 3.13. The number of hydrazone groups is 1. The van der Waals surface area contributed by atoms with E-state index >= 15 is 0 Å². The lowest BCUT2D eigenvalue weighted by molar-refractivity contribution is -0.126. The number of halogens is 1. The average Bonchev–Trinajstić information content (AvgIpc) is 2.71. The van der Waals surface area contributed by atoms with Crippen LogP contribution in [0.25, 0.3) is 0 Å². The topological polar surface area (TPSA) is 41.5 Å². The summed E-state index contributed by atoms with van der Waals surface area (Å²) >= 11 is 3.55. The molecule has 0 saturated heterocycles. The molecule has 1 aliphatic heterocycles. The van der Waals surface area contributed by atoms with Crippen molar-refractivity contribution in [2.24, 2.45) is 16.4 Å². The van der Waals surface area contributed by atoms with E-state index in [0.717, 1.165) is 22.2 Å². The van der Waals surface area contributed by atoms with E-state index in [9.17, 15) is 4.79 Å². The molecule has 0 aromatic heterocycles. The van der Waals surface area contributed by atoms with Crippen LogP contribution < -0.4 is 5.43 Å². The van der Waals surface area contributed by atoms with Gasteiger partial charge < -0.3 is 5.43 Å². The minimum absolute atomic E-state index is 0.0736. The molecule has 2 unspecified atom stereocenters. The molecule has 2 aliphatic rings. The van der Waals surface area contributed by atoms with Crippen LogP contribution in [0.2, 0.25) is 0 Å². The first kappa shape index (κ1) is 12.9. The number of carbonyl (C=O) groups excluding carboxylic acids is 1. The van der Waals surface area contributed by atoms with Gasteiger partial charge in [0.2, 0.25) is 0 Å². The molecule has 0 bridgehead atoms. The summed E-state index contributed by atoms with van der Waals surface area (Å²) in [5, 5.41) is 4.44. The summed E-state index contributed by atoms with van der Waals surface area (Å²) in [6.07, 6.45) is 1.63. The Bertz CT molecular complexity index is 565. The number of benzene rings is 1. The van der Waals surface area contributed by atoms with Crippen LogP contribution in [0.4, 0.5) is 0 Å². The van der Waals surface area contributed by atoms with Crippen molar-refractivity contribution >= 4 is 27.4 Å². The molecule has 1 aromatic rings. The predicted molar refractivity (Wildman–Crippen MR) is 79.1 cm³/mol. The van der Waals surface area contributed by atoms with Crippen LogP contribution in [0.1, 0.15) is 32.3 Å². The van der Waals surface area contributed by atoms with Gasteiger partial charge in [-0.25, -0.2) is 0 Å². The molecule has 1 heterocycles. The molecule has 1 N–H and O–H groups in total. The lowest BCUT2D eigenvalue weighted by atomic mass is 9.68. The first-order valence-electron chi connectivity index (χ1n) is 6.59. The van der Waals surface area contributed by atoms with Crippen LogP contribution in [-0.4, -0.2) is 17.5 Å². The third-order valence-corrected chi connectivity index (χ3v) is 4.66. The minimum Gasteiger partial charge on any atom is -0.306 e. The van der Waals surface area contributed by atoms with Crippen LogP contribution in [0.5, 0.6) is 0 Å². The Morgan fingerprint density at radius 1 is 1.37 bits per heavy atom. The van der Waals surface area contributed by atoms with E-state index in [1.54, 1.807) is 0 Å². The van der Waals surface area contributed by atoms with Gasteiger partial charge in [0.25, 0.3) is 0 Å². The number of nitrogens with zero attached hydrogens (tertiary/aromatic N) is 1. The zero-order valence-corrected chi connectivity index (χ0v) is 12.7. The second kappa shape index (κ2) is 4.44. The fraction of sp³-hybridized carbons (Fsp3) is 0.467. The van der Waals surface area contributed by atoms with Crippen molar-refractivity contribution in [2.75, 3.05) is 0 Å². The van der Waals surface area contributed by atoms with Gasteiger partial charge in [0.15, 0.2) is 0 Å². The van der Waals surface area contributed by atoms with E-state index in [1.807, 2.05) is 24.3 Å². The van der Waals surface area contributed by atoms with Crippen molar-refractivity contribution in [3.63, 3.8) is 0 Å². The van der Waals surface area contributed by atoms with Crippen LogP contribution in [-0.2, 0) is 4.79 Å². The molecule has 4 heteroatoms. The molecule has 0 spiro atoms. The molecular formula is C15H17BrN2O. The van der Waals surface area contributed by atoms with E-state index in [-0.39, 0.29) is 17.4 Å². The Morgan fingerprint density at radius 2 is 2.11 bits per heavy atom. The zero-order valence-electron chi connectivity index (χ0n) is 11.1. The van der Waals surface area contributed by atoms with Gasteiger partial charge in [-0.1, -0.05) is 48.0 Å². The number of carbonyl (C=O) groups is 1. The second-order valence-electron chi connectivity index (χ2n) is 6.20. The Hall–Kier alpha value is -1.16. The fourth-order valence-corrected chi connectivity index (χ4v) is 3.66. The number of fused-ring (bicyclic) bond motifs is 1. The molecule has 3 nitrogen and oxygen atoms in total. The maximum absolute atomic E-state index is 12.5. The summed E-state index contributed by atoms with van der Waals surface area (Å²) in [6.45, 7) is 4.30. The maximum atomic E-state index is 12.5. The Labute approximate surface area is 121 Å². The van der Waals surface area contributed by atoms with Crippen LogP contribution >= 0.6 is 15.9 Å². The SMILES string of the molecule is CC1(C)CC(=O)C2C(c3ccccc3Br)=NNC2C1.